The molecule has 1 aliphatic heterocycles. The number of nitrogens with one attached hydrogen (secondary N) is 1. The molecule has 3 N–H and O–H groups in total. The highest BCUT2D eigenvalue weighted by Crippen LogP contribution is 2.30. The van der Waals surface area contributed by atoms with Gasteiger partial charge in [0.1, 0.15) is 5.52 Å². The van der Waals surface area contributed by atoms with Gasteiger partial charge in [0, 0.05) is 25.2 Å². The van der Waals surface area contributed by atoms with E-state index >= 15 is 0 Å². The Balaban J connectivity index is 1.42. The van der Waals surface area contributed by atoms with Gasteiger partial charge in [0.15, 0.2) is 10.6 Å². The lowest BCUT2D eigenvalue weighted by molar-refractivity contribution is 0.00791. The monoisotopic (exact) mass is 348 g/mol. The van der Waals surface area contributed by atoms with E-state index in [1.165, 1.54) is 12.8 Å². The van der Waals surface area contributed by atoms with Crippen LogP contribution in [0.3, 0.4) is 0 Å². The number of morpholine rings is 1. The number of nitrogen functional groups attached to an aromatic ring is 1. The number of aryl methyl sites for hydroxylation is 1. The van der Waals surface area contributed by atoms with Crippen molar-refractivity contribution in [2.75, 3.05) is 37.4 Å². The average Bonchev–Trinajstić information content (AvgIpc) is 2.97. The van der Waals surface area contributed by atoms with E-state index in [1.54, 1.807) is 11.3 Å². The fraction of sp³-hybridized carbons (Fsp3) is 0.688. The van der Waals surface area contributed by atoms with E-state index in [1.807, 2.05) is 6.92 Å². The number of nitrogens with two attached hydrogens (primary N) is 1. The molecule has 0 unspecified atom stereocenters. The molecule has 24 heavy (non-hydrogen) atoms. The smallest absolute Gasteiger partial charge is 0.223 e. The zero-order chi connectivity index (χ0) is 16.5. The molecule has 0 bridgehead atoms. The first-order valence-corrected chi connectivity index (χ1v) is 9.49. The van der Waals surface area contributed by atoms with Gasteiger partial charge in [-0.1, -0.05) is 11.3 Å². The fourth-order valence-electron chi connectivity index (χ4n) is 3.76. The van der Waals surface area contributed by atoms with Gasteiger partial charge < -0.3 is 15.8 Å². The van der Waals surface area contributed by atoms with E-state index in [0.717, 1.165) is 60.3 Å². The summed E-state index contributed by atoms with van der Waals surface area (Å²) in [5, 5.41) is 4.56. The standard InChI is InChI=1S/C16H24N6OS/c1-10-18-13-14(20-16(17)21-15(13)24-10)19-11-2-4-12(5-3-11)22-6-8-23-9-7-22/h11-12H,2-9H2,1H3,(H3,17,19,20,21). The number of aromatic nitrogens is 3. The highest BCUT2D eigenvalue weighted by molar-refractivity contribution is 7.18. The molecule has 1 aliphatic carbocycles. The lowest BCUT2D eigenvalue weighted by Gasteiger charge is -2.39. The van der Waals surface area contributed by atoms with E-state index < -0.39 is 0 Å². The number of hydrogen-bond acceptors (Lipinski definition) is 8. The second kappa shape index (κ2) is 6.78. The molecule has 0 atom stereocenters. The summed E-state index contributed by atoms with van der Waals surface area (Å²) in [6, 6.07) is 1.13. The van der Waals surface area contributed by atoms with Crippen molar-refractivity contribution in [3.05, 3.63) is 5.01 Å². The minimum absolute atomic E-state index is 0.315. The van der Waals surface area contributed by atoms with Crippen molar-refractivity contribution in [1.29, 1.82) is 0 Å². The quantitative estimate of drug-likeness (QED) is 0.877. The number of ether oxygens (including phenoxy) is 1. The third-order valence-electron chi connectivity index (χ3n) is 4.98. The van der Waals surface area contributed by atoms with Crippen molar-refractivity contribution in [1.82, 2.24) is 19.9 Å². The summed E-state index contributed by atoms with van der Waals surface area (Å²) in [7, 11) is 0. The molecule has 2 fully saturated rings. The molecule has 2 aromatic rings. The van der Waals surface area contributed by atoms with Gasteiger partial charge >= 0.3 is 0 Å². The SMILES string of the molecule is Cc1nc2c(NC3CCC(N4CCOCC4)CC3)nc(N)nc2s1. The highest BCUT2D eigenvalue weighted by atomic mass is 32.1. The summed E-state index contributed by atoms with van der Waals surface area (Å²) < 4.78 is 5.46. The molecule has 2 aliphatic rings. The molecule has 0 radical (unpaired) electrons. The lowest BCUT2D eigenvalue weighted by Crippen LogP contribution is -2.46. The predicted octanol–water partition coefficient (Wildman–Crippen LogP) is 2.03. The van der Waals surface area contributed by atoms with Crippen molar-refractivity contribution >= 4 is 33.5 Å². The van der Waals surface area contributed by atoms with Crippen LogP contribution < -0.4 is 11.1 Å². The van der Waals surface area contributed by atoms with Crippen LogP contribution in [0.2, 0.25) is 0 Å². The number of anilines is 2. The third-order valence-corrected chi connectivity index (χ3v) is 5.85. The zero-order valence-corrected chi connectivity index (χ0v) is 14.8. The van der Waals surface area contributed by atoms with Crippen molar-refractivity contribution < 1.29 is 4.74 Å². The Morgan fingerprint density at radius 3 is 2.62 bits per heavy atom. The van der Waals surface area contributed by atoms with Crippen LogP contribution in [-0.2, 0) is 4.74 Å². The van der Waals surface area contributed by atoms with Crippen LogP contribution in [0.5, 0.6) is 0 Å². The van der Waals surface area contributed by atoms with Gasteiger partial charge in [-0.3, -0.25) is 4.90 Å². The van der Waals surface area contributed by atoms with Crippen LogP contribution in [0.15, 0.2) is 0 Å². The molecule has 2 aromatic heterocycles. The predicted molar refractivity (Wildman–Crippen MR) is 96.4 cm³/mol. The Morgan fingerprint density at radius 2 is 1.88 bits per heavy atom. The maximum atomic E-state index is 5.86. The van der Waals surface area contributed by atoms with Gasteiger partial charge in [-0.2, -0.15) is 4.98 Å². The van der Waals surface area contributed by atoms with Crippen LogP contribution in [0.25, 0.3) is 10.3 Å². The van der Waals surface area contributed by atoms with Crippen LogP contribution >= 0.6 is 11.3 Å². The average molecular weight is 348 g/mol. The summed E-state index contributed by atoms with van der Waals surface area (Å²) in [5.74, 6) is 1.10. The Hall–Kier alpha value is -1.51. The molecular formula is C16H24N6OS. The largest absolute Gasteiger partial charge is 0.379 e. The summed E-state index contributed by atoms with van der Waals surface area (Å²) in [5.41, 5.74) is 6.71. The summed E-state index contributed by atoms with van der Waals surface area (Å²) in [6.07, 6.45) is 4.74. The topological polar surface area (TPSA) is 89.2 Å². The molecular weight excluding hydrogens is 324 g/mol. The molecule has 1 saturated carbocycles. The van der Waals surface area contributed by atoms with Crippen LogP contribution in [0.4, 0.5) is 11.8 Å². The van der Waals surface area contributed by atoms with Crippen LogP contribution in [0, 0.1) is 6.92 Å². The van der Waals surface area contributed by atoms with Gasteiger partial charge in [0.2, 0.25) is 5.95 Å². The number of fused-ring (bicyclic) bond motifs is 1. The molecule has 8 heteroatoms. The number of hydrogen-bond donors (Lipinski definition) is 2. The van der Waals surface area contributed by atoms with Crippen LogP contribution in [0.1, 0.15) is 30.7 Å². The second-order valence-electron chi connectivity index (χ2n) is 6.62. The molecule has 7 nitrogen and oxygen atoms in total. The molecule has 0 spiro atoms. The normalized spacial score (nSPS) is 25.9. The first-order chi connectivity index (χ1) is 11.7. The molecule has 130 valence electrons. The van der Waals surface area contributed by atoms with Gasteiger partial charge in [-0.15, -0.1) is 0 Å². The Bertz CT molecular complexity index is 706. The molecule has 1 saturated heterocycles. The van der Waals surface area contributed by atoms with E-state index in [-0.39, 0.29) is 0 Å². The van der Waals surface area contributed by atoms with E-state index in [0.29, 0.717) is 18.0 Å². The second-order valence-corrected chi connectivity index (χ2v) is 7.80. The molecule has 0 aromatic carbocycles. The van der Waals surface area contributed by atoms with Crippen LogP contribution in [-0.4, -0.2) is 58.2 Å². The number of nitrogens with zero attached hydrogens (tertiary/aromatic N) is 4. The van der Waals surface area contributed by atoms with Crippen molar-refractivity contribution in [3.63, 3.8) is 0 Å². The maximum Gasteiger partial charge on any atom is 0.223 e. The zero-order valence-electron chi connectivity index (χ0n) is 14.0. The fourth-order valence-corrected chi connectivity index (χ4v) is 4.56. The third kappa shape index (κ3) is 3.31. The minimum atomic E-state index is 0.315. The van der Waals surface area contributed by atoms with Crippen molar-refractivity contribution in [2.45, 2.75) is 44.7 Å². The summed E-state index contributed by atoms with van der Waals surface area (Å²) in [4.78, 5) is 16.7. The number of rotatable bonds is 3. The summed E-state index contributed by atoms with van der Waals surface area (Å²) >= 11 is 1.56. The van der Waals surface area contributed by atoms with Gasteiger partial charge in [-0.05, 0) is 32.6 Å². The number of thiazole rings is 1. The van der Waals surface area contributed by atoms with E-state index in [9.17, 15) is 0 Å². The van der Waals surface area contributed by atoms with Gasteiger partial charge in [0.25, 0.3) is 0 Å². The molecule has 4 rings (SSSR count). The van der Waals surface area contributed by atoms with Gasteiger partial charge in [-0.25, -0.2) is 9.97 Å². The Kier molecular flexibility index (Phi) is 4.51. The highest BCUT2D eigenvalue weighted by Gasteiger charge is 2.27. The van der Waals surface area contributed by atoms with Gasteiger partial charge in [0.05, 0.1) is 18.2 Å². The molecule has 3 heterocycles. The maximum absolute atomic E-state index is 5.86. The van der Waals surface area contributed by atoms with E-state index in [4.69, 9.17) is 10.5 Å². The Labute approximate surface area is 145 Å². The summed E-state index contributed by atoms with van der Waals surface area (Å²) in [6.45, 7) is 5.88. The Morgan fingerprint density at radius 1 is 1.12 bits per heavy atom. The van der Waals surface area contributed by atoms with E-state index in [2.05, 4.69) is 25.2 Å². The first kappa shape index (κ1) is 16.0. The molecule has 0 amide bonds. The van der Waals surface area contributed by atoms with Crippen molar-refractivity contribution in [3.8, 4) is 0 Å². The first-order valence-electron chi connectivity index (χ1n) is 8.68. The lowest BCUT2D eigenvalue weighted by atomic mass is 9.90. The minimum Gasteiger partial charge on any atom is -0.379 e. The van der Waals surface area contributed by atoms with Crippen molar-refractivity contribution in [2.24, 2.45) is 0 Å².